The topological polar surface area (TPSA) is 66.5 Å². The lowest BCUT2D eigenvalue weighted by atomic mass is 9.80. The van der Waals surface area contributed by atoms with E-state index in [1.165, 1.54) is 12.1 Å². The van der Waals surface area contributed by atoms with Crippen molar-refractivity contribution in [2.45, 2.75) is 14.0 Å². The van der Waals surface area contributed by atoms with E-state index in [4.69, 9.17) is 15.8 Å². The van der Waals surface area contributed by atoms with Crippen LogP contribution in [0.4, 0.5) is 4.39 Å². The summed E-state index contributed by atoms with van der Waals surface area (Å²) in [6.07, 6.45) is 0. The second-order valence-corrected chi connectivity index (χ2v) is 2.43. The first kappa shape index (κ1) is 12.1. The molecule has 1 aromatic rings. The first-order valence-corrected chi connectivity index (χ1v) is 3.49. The summed E-state index contributed by atoms with van der Waals surface area (Å²) >= 11 is 0. The van der Waals surface area contributed by atoms with E-state index in [1.54, 1.807) is 0 Å². The average Bonchev–Trinajstić information content (AvgIpc) is 2.04. The molecule has 3 nitrogen and oxygen atoms in total. The molecule has 0 aliphatic carbocycles. The Morgan fingerprint density at radius 3 is 2.38 bits per heavy atom. The summed E-state index contributed by atoms with van der Waals surface area (Å²) in [7, 11) is -1.63. The highest BCUT2D eigenvalue weighted by molar-refractivity contribution is 6.58. The molecule has 0 aromatic heterocycles. The van der Waals surface area contributed by atoms with Gasteiger partial charge < -0.3 is 15.8 Å². The van der Waals surface area contributed by atoms with Crippen molar-refractivity contribution < 1.29 is 14.4 Å². The van der Waals surface area contributed by atoms with Gasteiger partial charge in [-0.1, -0.05) is 19.6 Å². The highest BCUT2D eigenvalue weighted by atomic mass is 19.1. The Bertz CT molecular complexity index is 281. The van der Waals surface area contributed by atoms with Gasteiger partial charge in [0.2, 0.25) is 0 Å². The van der Waals surface area contributed by atoms with E-state index in [2.05, 4.69) is 0 Å². The predicted molar refractivity (Wildman–Crippen MR) is 50.8 cm³/mol. The molecule has 0 heterocycles. The van der Waals surface area contributed by atoms with E-state index in [1.807, 2.05) is 0 Å². The van der Waals surface area contributed by atoms with Gasteiger partial charge in [-0.25, -0.2) is 4.39 Å². The molecule has 13 heavy (non-hydrogen) atoms. The lowest BCUT2D eigenvalue weighted by molar-refractivity contribution is 0.425. The second-order valence-electron chi connectivity index (χ2n) is 2.43. The molecule has 0 saturated carbocycles. The summed E-state index contributed by atoms with van der Waals surface area (Å²) in [5.41, 5.74) is 5.70. The third-order valence-electron chi connectivity index (χ3n) is 1.60. The van der Waals surface area contributed by atoms with Crippen molar-refractivity contribution in [1.29, 1.82) is 0 Å². The number of rotatable bonds is 2. The summed E-state index contributed by atoms with van der Waals surface area (Å²) in [5.74, 6) is -0.511. The van der Waals surface area contributed by atoms with Gasteiger partial charge in [-0.15, -0.1) is 0 Å². The van der Waals surface area contributed by atoms with Crippen LogP contribution in [0.3, 0.4) is 0 Å². The molecule has 0 spiro atoms. The van der Waals surface area contributed by atoms with Crippen LogP contribution in [0.15, 0.2) is 18.2 Å². The zero-order valence-electron chi connectivity index (χ0n) is 6.37. The first-order valence-electron chi connectivity index (χ1n) is 3.49. The maximum atomic E-state index is 12.9. The van der Waals surface area contributed by atoms with E-state index in [9.17, 15) is 4.39 Å². The SMILES string of the molecule is C.NCc1ccc(B(O)O)cc1F. The molecule has 0 atom stereocenters. The largest absolute Gasteiger partial charge is 0.488 e. The van der Waals surface area contributed by atoms with Crippen LogP contribution in [-0.4, -0.2) is 17.2 Å². The molecule has 0 unspecified atom stereocenters. The lowest BCUT2D eigenvalue weighted by Gasteiger charge is -2.02. The van der Waals surface area contributed by atoms with Crippen LogP contribution in [0.5, 0.6) is 0 Å². The van der Waals surface area contributed by atoms with Gasteiger partial charge >= 0.3 is 7.12 Å². The molecule has 1 rings (SSSR count). The van der Waals surface area contributed by atoms with Crippen molar-refractivity contribution in [2.75, 3.05) is 0 Å². The molecule has 0 fully saturated rings. The van der Waals surface area contributed by atoms with Crippen LogP contribution in [0.2, 0.25) is 0 Å². The maximum absolute atomic E-state index is 12.9. The van der Waals surface area contributed by atoms with Crippen LogP contribution in [0, 0.1) is 5.82 Å². The van der Waals surface area contributed by atoms with Crippen LogP contribution < -0.4 is 11.2 Å². The smallest absolute Gasteiger partial charge is 0.423 e. The van der Waals surface area contributed by atoms with E-state index >= 15 is 0 Å². The van der Waals surface area contributed by atoms with E-state index in [0.717, 1.165) is 6.07 Å². The van der Waals surface area contributed by atoms with Crippen LogP contribution in [0.1, 0.15) is 13.0 Å². The molecule has 0 amide bonds. The van der Waals surface area contributed by atoms with Crippen LogP contribution in [-0.2, 0) is 6.54 Å². The minimum Gasteiger partial charge on any atom is -0.423 e. The van der Waals surface area contributed by atoms with Gasteiger partial charge in [0.05, 0.1) is 0 Å². The normalized spacial score (nSPS) is 9.23. The van der Waals surface area contributed by atoms with Gasteiger partial charge in [0.1, 0.15) is 5.82 Å². The second kappa shape index (κ2) is 4.96. The third-order valence-corrected chi connectivity index (χ3v) is 1.60. The molecule has 72 valence electrons. The van der Waals surface area contributed by atoms with Gasteiger partial charge in [0.25, 0.3) is 0 Å². The Hall–Kier alpha value is -0.905. The monoisotopic (exact) mass is 185 g/mol. The highest BCUT2D eigenvalue weighted by Crippen LogP contribution is 2.03. The number of hydrogen-bond donors (Lipinski definition) is 3. The average molecular weight is 185 g/mol. The predicted octanol–water partition coefficient (Wildman–Crippen LogP) is -0.400. The van der Waals surface area contributed by atoms with Gasteiger partial charge in [0, 0.05) is 12.1 Å². The van der Waals surface area contributed by atoms with Crippen molar-refractivity contribution in [1.82, 2.24) is 0 Å². The van der Waals surface area contributed by atoms with Crippen molar-refractivity contribution in [3.05, 3.63) is 29.6 Å². The molecule has 0 saturated heterocycles. The summed E-state index contributed by atoms with van der Waals surface area (Å²) in [4.78, 5) is 0. The Morgan fingerprint density at radius 2 is 2.00 bits per heavy atom. The number of nitrogens with two attached hydrogens (primary N) is 1. The molecule has 4 N–H and O–H groups in total. The summed E-state index contributed by atoms with van der Waals surface area (Å²) in [6, 6.07) is 3.92. The van der Waals surface area contributed by atoms with Crippen LogP contribution >= 0.6 is 0 Å². The quantitative estimate of drug-likeness (QED) is 0.549. The van der Waals surface area contributed by atoms with Gasteiger partial charge in [-0.05, 0) is 11.5 Å². The minimum absolute atomic E-state index is 0. The number of halogens is 1. The fourth-order valence-corrected chi connectivity index (χ4v) is 0.890. The fraction of sp³-hybridized carbons (Fsp3) is 0.250. The Balaban J connectivity index is 0.00000144. The molecule has 0 bridgehead atoms. The molecular weight excluding hydrogens is 172 g/mol. The fourth-order valence-electron chi connectivity index (χ4n) is 0.890. The maximum Gasteiger partial charge on any atom is 0.488 e. The summed E-state index contributed by atoms with van der Waals surface area (Å²) < 4.78 is 12.9. The van der Waals surface area contributed by atoms with Crippen LogP contribution in [0.25, 0.3) is 0 Å². The molecule has 0 aliphatic heterocycles. The lowest BCUT2D eigenvalue weighted by Crippen LogP contribution is -2.30. The molecule has 1 aromatic carbocycles. The third kappa shape index (κ3) is 2.80. The Kier molecular flexibility index (Phi) is 4.62. The zero-order chi connectivity index (χ0) is 9.14. The summed E-state index contributed by atoms with van der Waals surface area (Å²) in [5, 5.41) is 17.3. The molecule has 0 aliphatic rings. The van der Waals surface area contributed by atoms with Crippen molar-refractivity contribution in [3.63, 3.8) is 0 Å². The van der Waals surface area contributed by atoms with Gasteiger partial charge in [0.15, 0.2) is 0 Å². The zero-order valence-corrected chi connectivity index (χ0v) is 6.37. The van der Waals surface area contributed by atoms with Crippen molar-refractivity contribution in [2.24, 2.45) is 5.73 Å². The van der Waals surface area contributed by atoms with Gasteiger partial charge in [-0.3, -0.25) is 0 Å². The number of benzene rings is 1. The molecule has 0 radical (unpaired) electrons. The van der Waals surface area contributed by atoms with Gasteiger partial charge in [-0.2, -0.15) is 0 Å². The molecular formula is C8H13BFNO2. The van der Waals surface area contributed by atoms with Crippen molar-refractivity contribution in [3.8, 4) is 0 Å². The Morgan fingerprint density at radius 1 is 1.38 bits per heavy atom. The molecule has 5 heteroatoms. The van der Waals surface area contributed by atoms with E-state index < -0.39 is 12.9 Å². The standard InChI is InChI=1S/C7H9BFNO2.CH4/c9-7-3-6(8(11)12)2-1-5(7)4-10;/h1-3,11-12H,4,10H2;1H4. The first-order chi connectivity index (χ1) is 5.65. The number of hydrogen-bond acceptors (Lipinski definition) is 3. The highest BCUT2D eigenvalue weighted by Gasteiger charge is 2.12. The Labute approximate surface area is 77.2 Å². The minimum atomic E-state index is -1.63. The van der Waals surface area contributed by atoms with E-state index in [0.29, 0.717) is 5.56 Å². The van der Waals surface area contributed by atoms with E-state index in [-0.39, 0.29) is 19.4 Å². The van der Waals surface area contributed by atoms with Crippen molar-refractivity contribution >= 4 is 12.6 Å². The summed E-state index contributed by atoms with van der Waals surface area (Å²) in [6.45, 7) is 0.105.